The summed E-state index contributed by atoms with van der Waals surface area (Å²) in [5.41, 5.74) is -0.00209. The minimum Gasteiger partial charge on any atom is -0.324 e. The van der Waals surface area contributed by atoms with Gasteiger partial charge in [0.15, 0.2) is 5.78 Å². The van der Waals surface area contributed by atoms with Crippen molar-refractivity contribution >= 4 is 17.4 Å². The SMILES string of the molecule is CC(C)(C(=O)c1ccc(Cl)cc1)n1ccnc1. The molecule has 0 N–H and O–H groups in total. The van der Waals surface area contributed by atoms with Crippen molar-refractivity contribution in [3.8, 4) is 0 Å². The van der Waals surface area contributed by atoms with E-state index in [2.05, 4.69) is 4.98 Å². The Morgan fingerprint density at radius 2 is 1.94 bits per heavy atom. The van der Waals surface area contributed by atoms with Gasteiger partial charge in [-0.25, -0.2) is 4.98 Å². The number of benzene rings is 1. The Kier molecular flexibility index (Phi) is 3.03. The third kappa shape index (κ3) is 2.24. The van der Waals surface area contributed by atoms with Crippen LogP contribution in [0, 0.1) is 0 Å². The van der Waals surface area contributed by atoms with Crippen LogP contribution < -0.4 is 0 Å². The number of hydrogen-bond donors (Lipinski definition) is 0. The molecule has 1 aromatic carbocycles. The molecule has 0 atom stereocenters. The summed E-state index contributed by atoms with van der Waals surface area (Å²) < 4.78 is 1.80. The molecule has 1 heterocycles. The molecule has 0 unspecified atom stereocenters. The minimum absolute atomic E-state index is 0.0344. The first kappa shape index (κ1) is 11.9. The van der Waals surface area contributed by atoms with Crippen molar-refractivity contribution in [2.75, 3.05) is 0 Å². The third-order valence-electron chi connectivity index (χ3n) is 2.81. The van der Waals surface area contributed by atoms with Crippen LogP contribution in [0.4, 0.5) is 0 Å². The zero-order valence-electron chi connectivity index (χ0n) is 9.72. The molecule has 0 aliphatic rings. The molecule has 4 heteroatoms. The molecule has 2 rings (SSSR count). The van der Waals surface area contributed by atoms with Crippen molar-refractivity contribution in [1.82, 2.24) is 9.55 Å². The first-order valence-electron chi connectivity index (χ1n) is 5.30. The van der Waals surface area contributed by atoms with Gasteiger partial charge in [-0.15, -0.1) is 0 Å². The van der Waals surface area contributed by atoms with Gasteiger partial charge in [-0.3, -0.25) is 4.79 Å². The van der Waals surface area contributed by atoms with Crippen LogP contribution in [0.2, 0.25) is 5.02 Å². The van der Waals surface area contributed by atoms with Gasteiger partial charge in [-0.2, -0.15) is 0 Å². The molecule has 0 bridgehead atoms. The first-order chi connectivity index (χ1) is 8.01. The highest BCUT2D eigenvalue weighted by atomic mass is 35.5. The average Bonchev–Trinajstić information content (AvgIpc) is 2.83. The summed E-state index contributed by atoms with van der Waals surface area (Å²) in [6.07, 6.45) is 5.10. The number of ketones is 1. The van der Waals surface area contributed by atoms with Crippen LogP contribution >= 0.6 is 11.6 Å². The summed E-state index contributed by atoms with van der Waals surface area (Å²) >= 11 is 5.80. The van der Waals surface area contributed by atoms with E-state index in [0.717, 1.165) is 0 Å². The number of carbonyl (C=O) groups is 1. The van der Waals surface area contributed by atoms with E-state index in [9.17, 15) is 4.79 Å². The molecule has 17 heavy (non-hydrogen) atoms. The predicted octanol–water partition coefficient (Wildman–Crippen LogP) is 3.15. The van der Waals surface area contributed by atoms with Crippen LogP contribution in [-0.2, 0) is 5.54 Å². The molecule has 0 aliphatic heterocycles. The van der Waals surface area contributed by atoms with E-state index in [4.69, 9.17) is 11.6 Å². The van der Waals surface area contributed by atoms with Gasteiger partial charge in [-0.05, 0) is 38.1 Å². The van der Waals surface area contributed by atoms with Gasteiger partial charge in [0.25, 0.3) is 0 Å². The van der Waals surface area contributed by atoms with E-state index >= 15 is 0 Å². The van der Waals surface area contributed by atoms with Crippen LogP contribution in [0.5, 0.6) is 0 Å². The molecule has 0 saturated carbocycles. The molecule has 0 amide bonds. The number of imidazole rings is 1. The Morgan fingerprint density at radius 3 is 2.47 bits per heavy atom. The van der Waals surface area contributed by atoms with E-state index < -0.39 is 5.54 Å². The molecule has 0 aliphatic carbocycles. The van der Waals surface area contributed by atoms with E-state index in [1.807, 2.05) is 13.8 Å². The number of carbonyl (C=O) groups excluding carboxylic acids is 1. The second-order valence-electron chi connectivity index (χ2n) is 4.36. The molecular weight excluding hydrogens is 236 g/mol. The fraction of sp³-hybridized carbons (Fsp3) is 0.231. The molecule has 2 aromatic rings. The highest BCUT2D eigenvalue weighted by Gasteiger charge is 2.29. The fourth-order valence-corrected chi connectivity index (χ4v) is 1.79. The van der Waals surface area contributed by atoms with Crippen molar-refractivity contribution in [2.45, 2.75) is 19.4 Å². The maximum absolute atomic E-state index is 12.4. The lowest BCUT2D eigenvalue weighted by atomic mass is 9.93. The van der Waals surface area contributed by atoms with E-state index in [0.29, 0.717) is 10.6 Å². The molecular formula is C13H13ClN2O. The lowest BCUT2D eigenvalue weighted by molar-refractivity contribution is 0.0848. The molecule has 1 aromatic heterocycles. The van der Waals surface area contributed by atoms with Crippen LogP contribution in [0.25, 0.3) is 0 Å². The molecule has 0 spiro atoms. The molecule has 88 valence electrons. The summed E-state index contributed by atoms with van der Waals surface area (Å²) in [4.78, 5) is 16.4. The summed E-state index contributed by atoms with van der Waals surface area (Å²) in [6, 6.07) is 6.92. The van der Waals surface area contributed by atoms with E-state index in [-0.39, 0.29) is 5.78 Å². The summed E-state index contributed by atoms with van der Waals surface area (Å²) in [5, 5.41) is 0.627. The number of halogens is 1. The minimum atomic E-state index is -0.648. The Balaban J connectivity index is 2.34. The number of Topliss-reactive ketones (excluding diaryl/α,β-unsaturated/α-hetero) is 1. The fourth-order valence-electron chi connectivity index (χ4n) is 1.66. The van der Waals surface area contributed by atoms with Crippen molar-refractivity contribution in [3.05, 3.63) is 53.6 Å². The highest BCUT2D eigenvalue weighted by Crippen LogP contribution is 2.22. The zero-order valence-corrected chi connectivity index (χ0v) is 10.5. The molecule has 0 saturated heterocycles. The number of rotatable bonds is 3. The van der Waals surface area contributed by atoms with Gasteiger partial charge in [0.2, 0.25) is 0 Å². The summed E-state index contributed by atoms with van der Waals surface area (Å²) in [6.45, 7) is 3.73. The van der Waals surface area contributed by atoms with Crippen molar-refractivity contribution in [2.24, 2.45) is 0 Å². The van der Waals surface area contributed by atoms with Crippen LogP contribution in [-0.4, -0.2) is 15.3 Å². The van der Waals surface area contributed by atoms with E-state index in [1.54, 1.807) is 47.6 Å². The Morgan fingerprint density at radius 1 is 1.29 bits per heavy atom. The normalized spacial score (nSPS) is 11.5. The second kappa shape index (κ2) is 4.34. The second-order valence-corrected chi connectivity index (χ2v) is 4.80. The van der Waals surface area contributed by atoms with Crippen LogP contribution in [0.3, 0.4) is 0 Å². The zero-order chi connectivity index (χ0) is 12.5. The standard InChI is InChI=1S/C13H13ClN2O/c1-13(2,16-8-7-15-9-16)12(17)10-3-5-11(14)6-4-10/h3-9H,1-2H3. The Bertz CT molecular complexity index is 515. The van der Waals surface area contributed by atoms with Gasteiger partial charge in [0, 0.05) is 23.0 Å². The first-order valence-corrected chi connectivity index (χ1v) is 5.68. The van der Waals surface area contributed by atoms with Crippen molar-refractivity contribution in [1.29, 1.82) is 0 Å². The van der Waals surface area contributed by atoms with Gasteiger partial charge >= 0.3 is 0 Å². The van der Waals surface area contributed by atoms with Crippen molar-refractivity contribution in [3.63, 3.8) is 0 Å². The number of hydrogen-bond acceptors (Lipinski definition) is 2. The average molecular weight is 249 g/mol. The lowest BCUT2D eigenvalue weighted by Gasteiger charge is -2.24. The van der Waals surface area contributed by atoms with Gasteiger partial charge in [0.1, 0.15) is 5.54 Å². The topological polar surface area (TPSA) is 34.9 Å². The molecule has 0 radical (unpaired) electrons. The maximum atomic E-state index is 12.4. The largest absolute Gasteiger partial charge is 0.324 e. The van der Waals surface area contributed by atoms with Gasteiger partial charge in [-0.1, -0.05) is 11.6 Å². The van der Waals surface area contributed by atoms with Crippen molar-refractivity contribution < 1.29 is 4.79 Å². The number of nitrogens with zero attached hydrogens (tertiary/aromatic N) is 2. The van der Waals surface area contributed by atoms with Gasteiger partial charge < -0.3 is 4.57 Å². The monoisotopic (exact) mass is 248 g/mol. The van der Waals surface area contributed by atoms with E-state index in [1.165, 1.54) is 0 Å². The third-order valence-corrected chi connectivity index (χ3v) is 3.06. The Labute approximate surface area is 105 Å². The van der Waals surface area contributed by atoms with Crippen LogP contribution in [0.15, 0.2) is 43.0 Å². The maximum Gasteiger partial charge on any atom is 0.188 e. The quantitative estimate of drug-likeness (QED) is 0.782. The highest BCUT2D eigenvalue weighted by molar-refractivity contribution is 6.30. The Hall–Kier alpha value is -1.61. The van der Waals surface area contributed by atoms with Crippen LogP contribution in [0.1, 0.15) is 24.2 Å². The smallest absolute Gasteiger partial charge is 0.188 e. The summed E-state index contributed by atoms with van der Waals surface area (Å²) in [7, 11) is 0. The predicted molar refractivity (Wildman–Crippen MR) is 67.3 cm³/mol. The lowest BCUT2D eigenvalue weighted by Crippen LogP contribution is -2.35. The molecule has 3 nitrogen and oxygen atoms in total. The van der Waals surface area contributed by atoms with Gasteiger partial charge in [0.05, 0.1) is 6.33 Å². The summed E-state index contributed by atoms with van der Waals surface area (Å²) in [5.74, 6) is 0.0344. The molecule has 0 fully saturated rings. The number of aromatic nitrogens is 2.